The number of likely N-dealkylation sites (N-methyl/N-ethyl adjacent to an activating group) is 1. The molecule has 0 bridgehead atoms. The Kier molecular flexibility index (Phi) is 7.15. The van der Waals surface area contributed by atoms with Gasteiger partial charge in [0.15, 0.2) is 6.10 Å². The normalized spacial score (nSPS) is 17.6. The molecule has 2 rings (SSSR count). The first-order valence-electron chi connectivity index (χ1n) is 8.85. The van der Waals surface area contributed by atoms with Crippen LogP contribution in [-0.2, 0) is 24.3 Å². The number of piperidine rings is 1. The molecule has 1 fully saturated rings. The van der Waals surface area contributed by atoms with Crippen molar-refractivity contribution in [2.24, 2.45) is 5.92 Å². The van der Waals surface area contributed by atoms with E-state index in [2.05, 4.69) is 0 Å². The number of hydrogen-bond acceptors (Lipinski definition) is 5. The number of benzene rings is 1. The van der Waals surface area contributed by atoms with Crippen LogP contribution < -0.4 is 0 Å². The predicted octanol–water partition coefficient (Wildman–Crippen LogP) is 1.72. The van der Waals surface area contributed by atoms with Gasteiger partial charge in [-0.05, 0) is 31.4 Å². The second-order valence-corrected chi connectivity index (χ2v) is 8.56. The molecule has 1 aliphatic rings. The van der Waals surface area contributed by atoms with Crippen LogP contribution in [0.4, 0.5) is 0 Å². The first kappa shape index (κ1) is 21.1. The first-order chi connectivity index (χ1) is 12.7. The van der Waals surface area contributed by atoms with Gasteiger partial charge in [0, 0.05) is 32.6 Å². The third-order valence-electron chi connectivity index (χ3n) is 4.46. The number of nitrogens with zero attached hydrogens (tertiary/aromatic N) is 2. The number of esters is 1. The summed E-state index contributed by atoms with van der Waals surface area (Å²) in [7, 11) is -0.346. The van der Waals surface area contributed by atoms with Gasteiger partial charge in [-0.25, -0.2) is 8.42 Å². The average Bonchev–Trinajstić information content (AvgIpc) is 2.66. The Morgan fingerprint density at radius 3 is 2.33 bits per heavy atom. The minimum Gasteiger partial charge on any atom is -0.452 e. The number of sulfonamides is 1. The van der Waals surface area contributed by atoms with Gasteiger partial charge in [-0.2, -0.15) is 4.31 Å². The highest BCUT2D eigenvalue weighted by Gasteiger charge is 2.32. The number of ether oxygens (including phenoxy) is 1. The molecule has 8 heteroatoms. The number of hydrogen-bond donors (Lipinski definition) is 0. The summed E-state index contributed by atoms with van der Waals surface area (Å²) >= 11 is 0. The standard InChI is InChI=1S/C19H26N2O5S/c1-15(18(22)20(2)3)26-19(23)17-9-12-21(13-10-17)27(24,25)14-11-16-7-5-4-6-8-16/h4-8,11,14-15,17H,9-10,12-13H2,1-3H3/b14-11+/t15-/m1/s1. The van der Waals surface area contributed by atoms with Crippen molar-refractivity contribution in [3.8, 4) is 0 Å². The number of carbonyl (C=O) groups is 2. The second-order valence-electron chi connectivity index (χ2n) is 6.74. The van der Waals surface area contributed by atoms with E-state index in [-0.39, 0.29) is 19.0 Å². The van der Waals surface area contributed by atoms with E-state index in [1.807, 2.05) is 30.3 Å². The number of rotatable bonds is 6. The van der Waals surface area contributed by atoms with Crippen LogP contribution in [0.3, 0.4) is 0 Å². The van der Waals surface area contributed by atoms with Gasteiger partial charge in [0.1, 0.15) is 0 Å². The van der Waals surface area contributed by atoms with E-state index in [1.165, 1.54) is 21.5 Å². The lowest BCUT2D eigenvalue weighted by molar-refractivity contribution is -0.162. The minimum absolute atomic E-state index is 0.247. The molecule has 0 aliphatic carbocycles. The molecule has 1 aromatic carbocycles. The van der Waals surface area contributed by atoms with E-state index in [4.69, 9.17) is 4.74 Å². The molecule has 0 unspecified atom stereocenters. The quantitative estimate of drug-likeness (QED) is 0.686. The van der Waals surface area contributed by atoms with Crippen LogP contribution >= 0.6 is 0 Å². The van der Waals surface area contributed by atoms with Crippen LogP contribution in [0.15, 0.2) is 35.7 Å². The molecule has 0 N–H and O–H groups in total. The Hall–Kier alpha value is -2.19. The van der Waals surface area contributed by atoms with Gasteiger partial charge in [0.05, 0.1) is 5.92 Å². The van der Waals surface area contributed by atoms with Crippen molar-refractivity contribution in [1.82, 2.24) is 9.21 Å². The van der Waals surface area contributed by atoms with E-state index in [0.717, 1.165) is 5.56 Å². The summed E-state index contributed by atoms with van der Waals surface area (Å²) in [4.78, 5) is 25.4. The molecule has 7 nitrogen and oxygen atoms in total. The van der Waals surface area contributed by atoms with Crippen LogP contribution in [0.2, 0.25) is 0 Å². The van der Waals surface area contributed by atoms with Crippen LogP contribution in [0.25, 0.3) is 6.08 Å². The summed E-state index contributed by atoms with van der Waals surface area (Å²) in [5.41, 5.74) is 0.805. The van der Waals surface area contributed by atoms with Crippen molar-refractivity contribution in [3.63, 3.8) is 0 Å². The topological polar surface area (TPSA) is 84.0 Å². The van der Waals surface area contributed by atoms with Crippen molar-refractivity contribution < 1.29 is 22.7 Å². The molecule has 1 saturated heterocycles. The van der Waals surface area contributed by atoms with Crippen LogP contribution in [0.5, 0.6) is 0 Å². The fourth-order valence-corrected chi connectivity index (χ4v) is 4.07. The van der Waals surface area contributed by atoms with Crippen molar-refractivity contribution in [1.29, 1.82) is 0 Å². The van der Waals surface area contributed by atoms with Crippen molar-refractivity contribution in [3.05, 3.63) is 41.3 Å². The fourth-order valence-electron chi connectivity index (χ4n) is 2.85. The van der Waals surface area contributed by atoms with Crippen molar-refractivity contribution in [2.75, 3.05) is 27.2 Å². The Labute approximate surface area is 160 Å². The number of amides is 1. The lowest BCUT2D eigenvalue weighted by Crippen LogP contribution is -2.41. The van der Waals surface area contributed by atoms with E-state index in [1.54, 1.807) is 20.2 Å². The molecule has 0 spiro atoms. The maximum absolute atomic E-state index is 12.5. The molecule has 1 heterocycles. The third kappa shape index (κ3) is 5.90. The van der Waals surface area contributed by atoms with E-state index < -0.39 is 28.0 Å². The zero-order chi connectivity index (χ0) is 20.0. The molecule has 0 radical (unpaired) electrons. The van der Waals surface area contributed by atoms with Gasteiger partial charge in [-0.1, -0.05) is 30.3 Å². The Bertz CT molecular complexity index is 782. The van der Waals surface area contributed by atoms with Crippen molar-refractivity contribution >= 4 is 28.0 Å². The summed E-state index contributed by atoms with van der Waals surface area (Å²) < 4.78 is 31.5. The lowest BCUT2D eigenvalue weighted by atomic mass is 9.98. The highest BCUT2D eigenvalue weighted by atomic mass is 32.2. The lowest BCUT2D eigenvalue weighted by Gasteiger charge is -2.29. The highest BCUT2D eigenvalue weighted by molar-refractivity contribution is 7.92. The first-order valence-corrected chi connectivity index (χ1v) is 10.4. The maximum atomic E-state index is 12.5. The summed E-state index contributed by atoms with van der Waals surface area (Å²) in [6.45, 7) is 2.03. The van der Waals surface area contributed by atoms with E-state index in [9.17, 15) is 18.0 Å². The molecule has 1 atom stereocenters. The van der Waals surface area contributed by atoms with Gasteiger partial charge >= 0.3 is 5.97 Å². The zero-order valence-electron chi connectivity index (χ0n) is 15.9. The SMILES string of the molecule is C[C@@H](OC(=O)C1CCN(S(=O)(=O)/C=C/c2ccccc2)CC1)C(=O)N(C)C. The molecule has 0 aromatic heterocycles. The van der Waals surface area contributed by atoms with E-state index >= 15 is 0 Å². The molecule has 27 heavy (non-hydrogen) atoms. The summed E-state index contributed by atoms with van der Waals surface area (Å²) in [5, 5.41) is 1.19. The maximum Gasteiger partial charge on any atom is 0.309 e. The fraction of sp³-hybridized carbons (Fsp3) is 0.474. The van der Waals surface area contributed by atoms with Gasteiger partial charge in [-0.3, -0.25) is 9.59 Å². The Balaban J connectivity index is 1.89. The molecular formula is C19H26N2O5S. The monoisotopic (exact) mass is 394 g/mol. The molecule has 148 valence electrons. The molecular weight excluding hydrogens is 368 g/mol. The largest absolute Gasteiger partial charge is 0.452 e. The van der Waals surface area contributed by atoms with Crippen molar-refractivity contribution in [2.45, 2.75) is 25.9 Å². The Morgan fingerprint density at radius 1 is 1.19 bits per heavy atom. The van der Waals surface area contributed by atoms with Crippen LogP contribution in [0, 0.1) is 5.92 Å². The molecule has 1 amide bonds. The van der Waals surface area contributed by atoms with E-state index in [0.29, 0.717) is 12.8 Å². The van der Waals surface area contributed by atoms with Gasteiger partial charge in [0.25, 0.3) is 5.91 Å². The average molecular weight is 394 g/mol. The minimum atomic E-state index is -3.54. The molecule has 0 saturated carbocycles. The zero-order valence-corrected chi connectivity index (χ0v) is 16.7. The Morgan fingerprint density at radius 2 is 1.78 bits per heavy atom. The predicted molar refractivity (Wildman–Crippen MR) is 103 cm³/mol. The van der Waals surface area contributed by atoms with Gasteiger partial charge < -0.3 is 9.64 Å². The highest BCUT2D eigenvalue weighted by Crippen LogP contribution is 2.22. The summed E-state index contributed by atoms with van der Waals surface area (Å²) in [6, 6.07) is 9.19. The smallest absolute Gasteiger partial charge is 0.309 e. The van der Waals surface area contributed by atoms with Gasteiger partial charge in [-0.15, -0.1) is 0 Å². The van der Waals surface area contributed by atoms with Crippen LogP contribution in [0.1, 0.15) is 25.3 Å². The molecule has 1 aromatic rings. The summed E-state index contributed by atoms with van der Waals surface area (Å²) in [6.07, 6.45) is 1.47. The van der Waals surface area contributed by atoms with Gasteiger partial charge in [0.2, 0.25) is 10.0 Å². The number of carbonyl (C=O) groups excluding carboxylic acids is 2. The molecule has 1 aliphatic heterocycles. The second kappa shape index (κ2) is 9.14. The van der Waals surface area contributed by atoms with Crippen LogP contribution in [-0.4, -0.2) is 62.8 Å². The summed E-state index contributed by atoms with van der Waals surface area (Å²) in [5.74, 6) is -1.13. The third-order valence-corrected chi connectivity index (χ3v) is 6.03.